The highest BCUT2D eigenvalue weighted by atomic mass is 16.5. The van der Waals surface area contributed by atoms with Crippen LogP contribution >= 0.6 is 0 Å². The van der Waals surface area contributed by atoms with E-state index in [2.05, 4.69) is 5.48 Å². The van der Waals surface area contributed by atoms with Gasteiger partial charge in [-0.05, 0) is 26.7 Å². The second kappa shape index (κ2) is 18.5. The van der Waals surface area contributed by atoms with Crippen LogP contribution in [-0.4, -0.2) is 24.3 Å². The number of hydrogen-bond donors (Lipinski definition) is 2. The van der Waals surface area contributed by atoms with E-state index in [0.717, 1.165) is 31.4 Å². The molecule has 0 heterocycles. The Morgan fingerprint density at radius 3 is 1.62 bits per heavy atom. The van der Waals surface area contributed by atoms with E-state index in [1.165, 1.54) is 64.2 Å². The van der Waals surface area contributed by atoms with Crippen molar-refractivity contribution in [2.24, 2.45) is 0 Å². The summed E-state index contributed by atoms with van der Waals surface area (Å²) in [6.45, 7) is 5.07. The van der Waals surface area contributed by atoms with E-state index in [-0.39, 0.29) is 5.97 Å². The fourth-order valence-corrected chi connectivity index (χ4v) is 2.70. The molecule has 0 unspecified atom stereocenters. The van der Waals surface area contributed by atoms with Gasteiger partial charge in [0.05, 0.1) is 6.61 Å². The third kappa shape index (κ3) is 19.2. The standard InChI is InChI=1S/C20H39NO3/c1-19(2)18-20(22)24-17-15-13-11-9-7-5-3-4-6-8-10-12-14-16-21-23/h18,21,23H,3-17H2,1-2H3. The number of hydrogen-bond acceptors (Lipinski definition) is 4. The number of nitrogens with one attached hydrogen (secondary N) is 1. The molecule has 0 atom stereocenters. The van der Waals surface area contributed by atoms with Crippen LogP contribution in [0.5, 0.6) is 0 Å². The minimum atomic E-state index is -0.208. The first-order valence-electron chi connectivity index (χ1n) is 9.85. The van der Waals surface area contributed by atoms with Gasteiger partial charge in [0, 0.05) is 12.6 Å². The van der Waals surface area contributed by atoms with E-state index in [1.54, 1.807) is 6.08 Å². The van der Waals surface area contributed by atoms with Gasteiger partial charge in [-0.25, -0.2) is 10.3 Å². The van der Waals surface area contributed by atoms with Crippen molar-refractivity contribution in [2.75, 3.05) is 13.2 Å². The maximum atomic E-state index is 11.3. The summed E-state index contributed by atoms with van der Waals surface area (Å²) >= 11 is 0. The molecule has 0 aromatic rings. The molecule has 142 valence electrons. The molecule has 0 fully saturated rings. The summed E-state index contributed by atoms with van der Waals surface area (Å²) in [6.07, 6.45) is 17.9. The summed E-state index contributed by atoms with van der Waals surface area (Å²) in [5.41, 5.74) is 3.19. The Morgan fingerprint density at radius 1 is 0.792 bits per heavy atom. The van der Waals surface area contributed by atoms with Crippen LogP contribution in [0.3, 0.4) is 0 Å². The van der Waals surface area contributed by atoms with Crippen LogP contribution in [0.2, 0.25) is 0 Å². The zero-order chi connectivity index (χ0) is 17.9. The van der Waals surface area contributed by atoms with Crippen LogP contribution in [0, 0.1) is 0 Å². The molecule has 0 spiro atoms. The Kier molecular flexibility index (Phi) is 17.8. The van der Waals surface area contributed by atoms with Crippen molar-refractivity contribution in [1.29, 1.82) is 0 Å². The normalized spacial score (nSPS) is 10.6. The third-order valence-electron chi connectivity index (χ3n) is 4.08. The fraction of sp³-hybridized carbons (Fsp3) is 0.850. The minimum Gasteiger partial charge on any atom is -0.463 e. The molecule has 0 saturated carbocycles. The van der Waals surface area contributed by atoms with Crippen molar-refractivity contribution >= 4 is 5.97 Å². The van der Waals surface area contributed by atoms with Gasteiger partial charge < -0.3 is 9.94 Å². The Bertz CT molecular complexity index is 312. The molecular weight excluding hydrogens is 302 g/mol. The first-order chi connectivity index (χ1) is 11.7. The lowest BCUT2D eigenvalue weighted by atomic mass is 10.0. The average Bonchev–Trinajstić information content (AvgIpc) is 2.53. The van der Waals surface area contributed by atoms with Crippen LogP contribution in [0.15, 0.2) is 11.6 Å². The number of carbonyl (C=O) groups is 1. The van der Waals surface area contributed by atoms with Gasteiger partial charge in [-0.1, -0.05) is 76.2 Å². The van der Waals surface area contributed by atoms with Crippen molar-refractivity contribution in [3.05, 3.63) is 11.6 Å². The Hall–Kier alpha value is -0.870. The molecule has 0 saturated heterocycles. The Balaban J connectivity index is 3.10. The molecular formula is C20H39NO3. The van der Waals surface area contributed by atoms with E-state index in [1.807, 2.05) is 13.8 Å². The third-order valence-corrected chi connectivity index (χ3v) is 4.08. The molecule has 0 aliphatic rings. The smallest absolute Gasteiger partial charge is 0.330 e. The van der Waals surface area contributed by atoms with Crippen molar-refractivity contribution in [3.8, 4) is 0 Å². The molecule has 4 heteroatoms. The van der Waals surface area contributed by atoms with Crippen LogP contribution < -0.4 is 5.48 Å². The largest absolute Gasteiger partial charge is 0.463 e. The number of unbranched alkanes of at least 4 members (excludes halogenated alkanes) is 12. The fourth-order valence-electron chi connectivity index (χ4n) is 2.70. The molecule has 0 aromatic carbocycles. The van der Waals surface area contributed by atoms with Gasteiger partial charge >= 0.3 is 5.97 Å². The van der Waals surface area contributed by atoms with Gasteiger partial charge in [-0.15, -0.1) is 0 Å². The first-order valence-corrected chi connectivity index (χ1v) is 9.85. The quantitative estimate of drug-likeness (QED) is 0.158. The topological polar surface area (TPSA) is 58.6 Å². The zero-order valence-corrected chi connectivity index (χ0v) is 15.9. The summed E-state index contributed by atoms with van der Waals surface area (Å²) < 4.78 is 5.14. The second-order valence-corrected chi connectivity index (χ2v) is 6.89. The summed E-state index contributed by atoms with van der Waals surface area (Å²) in [5, 5.41) is 8.45. The molecule has 0 aliphatic carbocycles. The van der Waals surface area contributed by atoms with E-state index >= 15 is 0 Å². The number of carbonyl (C=O) groups excluding carboxylic acids is 1. The van der Waals surface area contributed by atoms with Crippen LogP contribution in [0.1, 0.15) is 97.3 Å². The Labute approximate surface area is 149 Å². The van der Waals surface area contributed by atoms with Crippen LogP contribution in [-0.2, 0) is 9.53 Å². The van der Waals surface area contributed by atoms with E-state index in [4.69, 9.17) is 9.94 Å². The number of allylic oxidation sites excluding steroid dienone is 1. The predicted molar refractivity (Wildman–Crippen MR) is 100 cm³/mol. The zero-order valence-electron chi connectivity index (χ0n) is 15.9. The number of esters is 1. The maximum Gasteiger partial charge on any atom is 0.330 e. The van der Waals surface area contributed by atoms with Crippen molar-refractivity contribution in [3.63, 3.8) is 0 Å². The molecule has 0 amide bonds. The van der Waals surface area contributed by atoms with E-state index < -0.39 is 0 Å². The van der Waals surface area contributed by atoms with Crippen molar-refractivity contribution in [1.82, 2.24) is 5.48 Å². The molecule has 24 heavy (non-hydrogen) atoms. The van der Waals surface area contributed by atoms with Gasteiger partial charge in [0.1, 0.15) is 0 Å². The number of hydroxylamine groups is 1. The van der Waals surface area contributed by atoms with E-state index in [9.17, 15) is 4.79 Å². The summed E-state index contributed by atoms with van der Waals surface area (Å²) in [7, 11) is 0. The molecule has 0 aromatic heterocycles. The van der Waals surface area contributed by atoms with Gasteiger partial charge in [0.25, 0.3) is 0 Å². The molecule has 4 nitrogen and oxygen atoms in total. The van der Waals surface area contributed by atoms with Gasteiger partial charge in [-0.3, -0.25) is 0 Å². The molecule has 0 bridgehead atoms. The lowest BCUT2D eigenvalue weighted by molar-refractivity contribution is -0.137. The Morgan fingerprint density at radius 2 is 1.21 bits per heavy atom. The van der Waals surface area contributed by atoms with Gasteiger partial charge in [0.15, 0.2) is 0 Å². The predicted octanol–water partition coefficient (Wildman–Crippen LogP) is 5.55. The number of ether oxygens (including phenoxy) is 1. The first kappa shape index (κ1) is 23.1. The van der Waals surface area contributed by atoms with Crippen molar-refractivity contribution in [2.45, 2.75) is 97.3 Å². The highest BCUT2D eigenvalue weighted by Crippen LogP contribution is 2.12. The van der Waals surface area contributed by atoms with Gasteiger partial charge in [0.2, 0.25) is 0 Å². The monoisotopic (exact) mass is 341 g/mol. The lowest BCUT2D eigenvalue weighted by Crippen LogP contribution is -2.07. The highest BCUT2D eigenvalue weighted by Gasteiger charge is 1.98. The second-order valence-electron chi connectivity index (χ2n) is 6.89. The van der Waals surface area contributed by atoms with Crippen LogP contribution in [0.4, 0.5) is 0 Å². The average molecular weight is 342 g/mol. The molecule has 0 radical (unpaired) electrons. The lowest BCUT2D eigenvalue weighted by Gasteiger charge is -2.04. The maximum absolute atomic E-state index is 11.3. The number of rotatable bonds is 17. The molecule has 0 aliphatic heterocycles. The molecule has 0 rings (SSSR count). The minimum absolute atomic E-state index is 0.208. The summed E-state index contributed by atoms with van der Waals surface area (Å²) in [5.74, 6) is -0.208. The van der Waals surface area contributed by atoms with Crippen LogP contribution in [0.25, 0.3) is 0 Å². The highest BCUT2D eigenvalue weighted by molar-refractivity contribution is 5.82. The van der Waals surface area contributed by atoms with Gasteiger partial charge in [-0.2, -0.15) is 0 Å². The SMILES string of the molecule is CC(C)=CC(=O)OCCCCCCCCCCCCCCCNO. The summed E-state index contributed by atoms with van der Waals surface area (Å²) in [4.78, 5) is 11.3. The summed E-state index contributed by atoms with van der Waals surface area (Å²) in [6, 6.07) is 0. The van der Waals surface area contributed by atoms with Crippen molar-refractivity contribution < 1.29 is 14.7 Å². The molecule has 2 N–H and O–H groups in total. The van der Waals surface area contributed by atoms with E-state index in [0.29, 0.717) is 6.61 Å².